The highest BCUT2D eigenvalue weighted by atomic mass is 16.2. The zero-order chi connectivity index (χ0) is 16.4. The average molecular weight is 306 g/mol. The summed E-state index contributed by atoms with van der Waals surface area (Å²) in [5.74, 6) is -1.72. The molecule has 1 aliphatic rings. The third-order valence-corrected chi connectivity index (χ3v) is 3.35. The SMILES string of the molecule is N#Cc1ccccc1NC(=O)CN1C(=O)c2cccnc2C1=O. The first-order valence-corrected chi connectivity index (χ1v) is 6.72. The van der Waals surface area contributed by atoms with Crippen molar-refractivity contribution in [2.45, 2.75) is 0 Å². The van der Waals surface area contributed by atoms with Crippen LogP contribution >= 0.6 is 0 Å². The fourth-order valence-corrected chi connectivity index (χ4v) is 2.28. The Morgan fingerprint density at radius 2 is 1.96 bits per heavy atom. The monoisotopic (exact) mass is 306 g/mol. The smallest absolute Gasteiger partial charge is 0.280 e. The summed E-state index contributed by atoms with van der Waals surface area (Å²) in [5, 5.41) is 11.5. The summed E-state index contributed by atoms with van der Waals surface area (Å²) in [7, 11) is 0. The Balaban J connectivity index is 1.76. The molecule has 1 aromatic heterocycles. The zero-order valence-electron chi connectivity index (χ0n) is 11.8. The molecule has 2 aromatic rings. The molecule has 1 aromatic carbocycles. The highest BCUT2D eigenvalue weighted by Gasteiger charge is 2.37. The van der Waals surface area contributed by atoms with Crippen LogP contribution in [0.25, 0.3) is 0 Å². The van der Waals surface area contributed by atoms with Gasteiger partial charge in [-0.3, -0.25) is 24.3 Å². The van der Waals surface area contributed by atoms with Gasteiger partial charge in [0.2, 0.25) is 5.91 Å². The Labute approximate surface area is 131 Å². The van der Waals surface area contributed by atoms with Gasteiger partial charge in [-0.25, -0.2) is 0 Å². The van der Waals surface area contributed by atoms with Crippen LogP contribution in [-0.2, 0) is 4.79 Å². The van der Waals surface area contributed by atoms with E-state index >= 15 is 0 Å². The summed E-state index contributed by atoms with van der Waals surface area (Å²) in [6, 6.07) is 11.5. The van der Waals surface area contributed by atoms with E-state index in [4.69, 9.17) is 5.26 Å². The largest absolute Gasteiger partial charge is 0.323 e. The standard InChI is InChI=1S/C16H10N4O3/c17-8-10-4-1-2-6-12(10)19-13(21)9-20-15(22)11-5-3-7-18-14(11)16(20)23/h1-7H,9H2,(H,19,21). The second-order valence-corrected chi connectivity index (χ2v) is 4.80. The number of aromatic nitrogens is 1. The first-order chi connectivity index (χ1) is 11.1. The van der Waals surface area contributed by atoms with Crippen LogP contribution in [0.15, 0.2) is 42.6 Å². The molecule has 7 nitrogen and oxygen atoms in total. The van der Waals surface area contributed by atoms with Crippen molar-refractivity contribution in [3.8, 4) is 6.07 Å². The van der Waals surface area contributed by atoms with Crippen molar-refractivity contribution in [3.63, 3.8) is 0 Å². The van der Waals surface area contributed by atoms with Gasteiger partial charge in [-0.1, -0.05) is 12.1 Å². The Kier molecular flexibility index (Phi) is 3.57. The van der Waals surface area contributed by atoms with Crippen LogP contribution in [0.5, 0.6) is 0 Å². The molecule has 0 saturated heterocycles. The minimum atomic E-state index is -0.602. The van der Waals surface area contributed by atoms with E-state index in [2.05, 4.69) is 10.3 Å². The molecule has 23 heavy (non-hydrogen) atoms. The van der Waals surface area contributed by atoms with Gasteiger partial charge in [0.05, 0.1) is 16.8 Å². The Morgan fingerprint density at radius 1 is 1.17 bits per heavy atom. The van der Waals surface area contributed by atoms with E-state index in [0.29, 0.717) is 11.3 Å². The highest BCUT2D eigenvalue weighted by molar-refractivity contribution is 6.21. The maximum absolute atomic E-state index is 12.2. The summed E-state index contributed by atoms with van der Waals surface area (Å²) in [4.78, 5) is 41.1. The Morgan fingerprint density at radius 3 is 2.70 bits per heavy atom. The number of imide groups is 1. The molecule has 7 heteroatoms. The van der Waals surface area contributed by atoms with Crippen LogP contribution in [0.2, 0.25) is 0 Å². The molecular weight excluding hydrogens is 296 g/mol. The highest BCUT2D eigenvalue weighted by Crippen LogP contribution is 2.20. The van der Waals surface area contributed by atoms with Gasteiger partial charge < -0.3 is 5.32 Å². The van der Waals surface area contributed by atoms with E-state index in [-0.39, 0.29) is 11.3 Å². The van der Waals surface area contributed by atoms with E-state index < -0.39 is 24.3 Å². The minimum Gasteiger partial charge on any atom is -0.323 e. The van der Waals surface area contributed by atoms with Gasteiger partial charge in [-0.05, 0) is 24.3 Å². The fraction of sp³-hybridized carbons (Fsp3) is 0.0625. The van der Waals surface area contributed by atoms with Crippen molar-refractivity contribution in [2.24, 2.45) is 0 Å². The molecule has 1 N–H and O–H groups in total. The molecule has 2 heterocycles. The molecule has 1 aliphatic heterocycles. The molecule has 0 saturated carbocycles. The number of amides is 3. The maximum Gasteiger partial charge on any atom is 0.280 e. The zero-order valence-corrected chi connectivity index (χ0v) is 11.8. The van der Waals surface area contributed by atoms with Crippen LogP contribution < -0.4 is 5.32 Å². The average Bonchev–Trinajstić information content (AvgIpc) is 2.81. The number of fused-ring (bicyclic) bond motifs is 1. The number of carbonyl (C=O) groups is 3. The van der Waals surface area contributed by atoms with Crippen molar-refractivity contribution >= 4 is 23.4 Å². The number of anilines is 1. The van der Waals surface area contributed by atoms with Crippen LogP contribution in [-0.4, -0.2) is 34.2 Å². The second-order valence-electron chi connectivity index (χ2n) is 4.80. The third-order valence-electron chi connectivity index (χ3n) is 3.35. The first kappa shape index (κ1) is 14.4. The number of nitriles is 1. The third kappa shape index (κ3) is 2.53. The quantitative estimate of drug-likeness (QED) is 0.858. The van der Waals surface area contributed by atoms with Gasteiger partial charge in [-0.15, -0.1) is 0 Å². The van der Waals surface area contributed by atoms with Gasteiger partial charge >= 0.3 is 0 Å². The molecule has 0 bridgehead atoms. The van der Waals surface area contributed by atoms with Crippen LogP contribution in [0.3, 0.4) is 0 Å². The van der Waals surface area contributed by atoms with E-state index in [9.17, 15) is 14.4 Å². The normalized spacial score (nSPS) is 12.7. The molecule has 0 fully saturated rings. The first-order valence-electron chi connectivity index (χ1n) is 6.72. The number of carbonyl (C=O) groups excluding carboxylic acids is 3. The summed E-state index contributed by atoms with van der Waals surface area (Å²) < 4.78 is 0. The molecule has 3 amide bonds. The van der Waals surface area contributed by atoms with Gasteiger partial charge in [0.15, 0.2) is 0 Å². The Bertz CT molecular complexity index is 835. The van der Waals surface area contributed by atoms with Crippen LogP contribution in [0, 0.1) is 11.3 Å². The second kappa shape index (κ2) is 5.69. The Hall–Kier alpha value is -3.53. The maximum atomic E-state index is 12.2. The summed E-state index contributed by atoms with van der Waals surface area (Å²) in [6.07, 6.45) is 1.41. The van der Waals surface area contributed by atoms with Gasteiger partial charge in [0, 0.05) is 6.20 Å². The number of para-hydroxylation sites is 1. The molecular formula is C16H10N4O3. The fourth-order valence-electron chi connectivity index (χ4n) is 2.28. The van der Waals surface area contributed by atoms with Crippen molar-refractivity contribution in [3.05, 3.63) is 59.4 Å². The molecule has 3 rings (SSSR count). The van der Waals surface area contributed by atoms with E-state index in [0.717, 1.165) is 4.90 Å². The molecule has 112 valence electrons. The van der Waals surface area contributed by atoms with Gasteiger partial charge in [0.1, 0.15) is 18.3 Å². The van der Waals surface area contributed by atoms with Crippen molar-refractivity contribution in [2.75, 3.05) is 11.9 Å². The molecule has 0 atom stereocenters. The van der Waals surface area contributed by atoms with Crippen LogP contribution in [0.1, 0.15) is 26.4 Å². The minimum absolute atomic E-state index is 0.0442. The molecule has 0 spiro atoms. The predicted octanol–water partition coefficient (Wildman–Crippen LogP) is 1.19. The van der Waals surface area contributed by atoms with Crippen LogP contribution in [0.4, 0.5) is 5.69 Å². The predicted molar refractivity (Wildman–Crippen MR) is 79.4 cm³/mol. The molecule has 0 aliphatic carbocycles. The lowest BCUT2D eigenvalue weighted by atomic mass is 10.2. The van der Waals surface area contributed by atoms with E-state index in [1.54, 1.807) is 30.3 Å². The topological polar surface area (TPSA) is 103 Å². The number of nitrogens with zero attached hydrogens (tertiary/aromatic N) is 3. The molecule has 0 unspecified atom stereocenters. The number of hydrogen-bond acceptors (Lipinski definition) is 5. The number of rotatable bonds is 3. The number of benzene rings is 1. The number of nitrogens with one attached hydrogen (secondary N) is 1. The van der Waals surface area contributed by atoms with Crippen molar-refractivity contribution in [1.29, 1.82) is 5.26 Å². The van der Waals surface area contributed by atoms with E-state index in [1.807, 2.05) is 6.07 Å². The van der Waals surface area contributed by atoms with Gasteiger partial charge in [0.25, 0.3) is 11.8 Å². The summed E-state index contributed by atoms with van der Waals surface area (Å²) in [5.41, 5.74) is 0.852. The number of hydrogen-bond donors (Lipinski definition) is 1. The number of pyridine rings is 1. The van der Waals surface area contributed by atoms with Crippen molar-refractivity contribution < 1.29 is 14.4 Å². The lowest BCUT2D eigenvalue weighted by molar-refractivity contribution is -0.116. The lowest BCUT2D eigenvalue weighted by Crippen LogP contribution is -2.37. The summed E-state index contributed by atoms with van der Waals surface area (Å²) in [6.45, 7) is -0.437. The summed E-state index contributed by atoms with van der Waals surface area (Å²) >= 11 is 0. The lowest BCUT2D eigenvalue weighted by Gasteiger charge is -2.13. The molecule has 0 radical (unpaired) electrons. The van der Waals surface area contributed by atoms with Gasteiger partial charge in [-0.2, -0.15) is 5.26 Å². The van der Waals surface area contributed by atoms with E-state index in [1.165, 1.54) is 12.3 Å². The van der Waals surface area contributed by atoms with Crippen molar-refractivity contribution in [1.82, 2.24) is 9.88 Å².